The van der Waals surface area contributed by atoms with E-state index in [0.717, 1.165) is 5.39 Å². The highest BCUT2D eigenvalue weighted by atomic mass is 32.2. The maximum atomic E-state index is 14.1. The van der Waals surface area contributed by atoms with E-state index < -0.39 is 5.82 Å². The van der Waals surface area contributed by atoms with Crippen LogP contribution in [0, 0.1) is 5.82 Å². The fraction of sp³-hybridized carbons (Fsp3) is 0.0833. The number of nitrogen functional groups attached to an aromatic ring is 1. The van der Waals surface area contributed by atoms with Crippen LogP contribution in [0.5, 0.6) is 0 Å². The van der Waals surface area contributed by atoms with Crippen molar-refractivity contribution in [3.8, 4) is 0 Å². The Morgan fingerprint density at radius 1 is 1.42 bits per heavy atom. The fourth-order valence-corrected chi connectivity index (χ4v) is 2.64. The van der Waals surface area contributed by atoms with Gasteiger partial charge in [0.1, 0.15) is 12.1 Å². The quantitative estimate of drug-likeness (QED) is 0.726. The lowest BCUT2D eigenvalue weighted by molar-refractivity contribution is 0.605. The first-order chi connectivity index (χ1) is 9.16. The second kappa shape index (κ2) is 4.51. The van der Waals surface area contributed by atoms with Gasteiger partial charge >= 0.3 is 0 Å². The number of aryl methyl sites for hydroxylation is 1. The Morgan fingerprint density at radius 3 is 3.00 bits per heavy atom. The van der Waals surface area contributed by atoms with Gasteiger partial charge in [0.05, 0.1) is 10.4 Å². The molecule has 0 fully saturated rings. The van der Waals surface area contributed by atoms with Crippen LogP contribution < -0.4 is 5.73 Å². The van der Waals surface area contributed by atoms with Gasteiger partial charge in [-0.2, -0.15) is 0 Å². The first-order valence-corrected chi connectivity index (χ1v) is 6.33. The van der Waals surface area contributed by atoms with Crippen molar-refractivity contribution in [2.24, 2.45) is 7.05 Å². The van der Waals surface area contributed by atoms with Crippen molar-refractivity contribution in [3.63, 3.8) is 0 Å². The molecule has 7 heteroatoms. The number of halogens is 1. The van der Waals surface area contributed by atoms with E-state index in [9.17, 15) is 4.39 Å². The highest BCUT2D eigenvalue weighted by Gasteiger charge is 2.15. The molecule has 1 aromatic carbocycles. The number of hydrogen-bond acceptors (Lipinski definition) is 5. The summed E-state index contributed by atoms with van der Waals surface area (Å²) in [6, 6.07) is 4.90. The normalized spacial score (nSPS) is 11.1. The third-order valence-corrected chi connectivity index (χ3v) is 3.84. The van der Waals surface area contributed by atoms with E-state index in [1.807, 2.05) is 6.07 Å². The molecule has 5 nitrogen and oxygen atoms in total. The van der Waals surface area contributed by atoms with Gasteiger partial charge in [-0.3, -0.25) is 4.98 Å². The van der Waals surface area contributed by atoms with E-state index in [1.165, 1.54) is 17.8 Å². The van der Waals surface area contributed by atoms with Crippen molar-refractivity contribution in [3.05, 3.63) is 36.5 Å². The fourth-order valence-electron chi connectivity index (χ4n) is 1.77. The van der Waals surface area contributed by atoms with Gasteiger partial charge in [0.15, 0.2) is 5.16 Å². The van der Waals surface area contributed by atoms with Gasteiger partial charge < -0.3 is 10.3 Å². The minimum atomic E-state index is -0.406. The molecule has 3 aromatic rings. The Bertz CT molecular complexity index is 755. The molecule has 2 heterocycles. The van der Waals surface area contributed by atoms with Gasteiger partial charge in [-0.15, -0.1) is 10.2 Å². The molecule has 0 spiro atoms. The molecule has 0 aliphatic heterocycles. The molecular weight excluding hydrogens is 265 g/mol. The molecular formula is C12H10FN5S. The number of nitrogens with zero attached hydrogens (tertiary/aromatic N) is 4. The number of aromatic nitrogens is 4. The molecule has 3 rings (SSSR count). The van der Waals surface area contributed by atoms with E-state index in [0.29, 0.717) is 21.3 Å². The Kier molecular flexibility index (Phi) is 2.83. The van der Waals surface area contributed by atoms with Crippen LogP contribution in [0.15, 0.2) is 40.8 Å². The third kappa shape index (κ3) is 2.01. The second-order valence-corrected chi connectivity index (χ2v) is 4.98. The Morgan fingerprint density at radius 2 is 2.26 bits per heavy atom. The molecule has 0 bridgehead atoms. The minimum Gasteiger partial charge on any atom is -0.398 e. The molecule has 19 heavy (non-hydrogen) atoms. The van der Waals surface area contributed by atoms with Gasteiger partial charge in [0.2, 0.25) is 0 Å². The highest BCUT2D eigenvalue weighted by molar-refractivity contribution is 7.99. The summed E-state index contributed by atoms with van der Waals surface area (Å²) in [7, 11) is 1.80. The van der Waals surface area contributed by atoms with Crippen LogP contribution in [0.2, 0.25) is 0 Å². The maximum Gasteiger partial charge on any atom is 0.195 e. The van der Waals surface area contributed by atoms with Crippen LogP contribution in [0.4, 0.5) is 10.1 Å². The molecule has 0 saturated heterocycles. The zero-order valence-electron chi connectivity index (χ0n) is 10.0. The largest absolute Gasteiger partial charge is 0.398 e. The molecule has 0 aliphatic rings. The second-order valence-electron chi connectivity index (χ2n) is 4.00. The average Bonchev–Trinajstić information content (AvgIpc) is 2.80. The number of anilines is 1. The summed E-state index contributed by atoms with van der Waals surface area (Å²) in [6.45, 7) is 0. The summed E-state index contributed by atoms with van der Waals surface area (Å²) in [6.07, 6.45) is 3.18. The summed E-state index contributed by atoms with van der Waals surface area (Å²) in [4.78, 5) is 4.62. The van der Waals surface area contributed by atoms with E-state index in [4.69, 9.17) is 5.73 Å². The summed E-state index contributed by atoms with van der Waals surface area (Å²) in [5.41, 5.74) is 6.72. The number of fused-ring (bicyclic) bond motifs is 1. The molecule has 96 valence electrons. The van der Waals surface area contributed by atoms with Gasteiger partial charge in [-0.05, 0) is 30.0 Å². The van der Waals surface area contributed by atoms with Crippen LogP contribution in [-0.2, 0) is 7.05 Å². The molecule has 0 atom stereocenters. The van der Waals surface area contributed by atoms with Crippen molar-refractivity contribution in [2.45, 2.75) is 10.1 Å². The summed E-state index contributed by atoms with van der Waals surface area (Å²) in [5, 5.41) is 9.02. The zero-order chi connectivity index (χ0) is 13.4. The summed E-state index contributed by atoms with van der Waals surface area (Å²) >= 11 is 1.18. The standard InChI is InChI=1S/C12H10FN5S/c1-18-6-16-17-12(18)19-11-8(13)5-9(14)7-3-2-4-15-10(7)11/h2-6H,14H2,1H3. The third-order valence-electron chi connectivity index (χ3n) is 2.70. The van der Waals surface area contributed by atoms with Crippen LogP contribution in [0.1, 0.15) is 0 Å². The minimum absolute atomic E-state index is 0.378. The number of hydrogen-bond donors (Lipinski definition) is 1. The van der Waals surface area contributed by atoms with Crippen LogP contribution in [-0.4, -0.2) is 19.7 Å². The van der Waals surface area contributed by atoms with Crippen molar-refractivity contribution in [1.82, 2.24) is 19.7 Å². The average molecular weight is 275 g/mol. The number of benzene rings is 1. The van der Waals surface area contributed by atoms with Gasteiger partial charge in [-0.1, -0.05) is 0 Å². The Balaban J connectivity index is 2.20. The summed E-state index contributed by atoms with van der Waals surface area (Å²) < 4.78 is 15.8. The summed E-state index contributed by atoms with van der Waals surface area (Å²) in [5.74, 6) is -0.406. The Hall–Kier alpha value is -2.15. The lowest BCUT2D eigenvalue weighted by atomic mass is 10.2. The molecule has 0 unspecified atom stereocenters. The van der Waals surface area contributed by atoms with Crippen LogP contribution in [0.3, 0.4) is 0 Å². The smallest absolute Gasteiger partial charge is 0.195 e. The lowest BCUT2D eigenvalue weighted by Gasteiger charge is -2.08. The van der Waals surface area contributed by atoms with E-state index in [1.54, 1.807) is 30.2 Å². The topological polar surface area (TPSA) is 69.6 Å². The first kappa shape index (κ1) is 11.9. The van der Waals surface area contributed by atoms with E-state index in [-0.39, 0.29) is 0 Å². The molecule has 0 radical (unpaired) electrons. The predicted molar refractivity (Wildman–Crippen MR) is 71.2 cm³/mol. The zero-order valence-corrected chi connectivity index (χ0v) is 10.9. The lowest BCUT2D eigenvalue weighted by Crippen LogP contribution is -1.96. The first-order valence-electron chi connectivity index (χ1n) is 5.51. The highest BCUT2D eigenvalue weighted by Crippen LogP contribution is 2.35. The number of rotatable bonds is 2. The van der Waals surface area contributed by atoms with Gasteiger partial charge in [0.25, 0.3) is 0 Å². The molecule has 0 amide bonds. The van der Waals surface area contributed by atoms with E-state index >= 15 is 0 Å². The molecule has 2 N–H and O–H groups in total. The number of nitrogens with two attached hydrogens (primary N) is 1. The van der Waals surface area contributed by atoms with Crippen molar-refractivity contribution < 1.29 is 4.39 Å². The molecule has 0 saturated carbocycles. The van der Waals surface area contributed by atoms with Crippen molar-refractivity contribution in [1.29, 1.82) is 0 Å². The van der Waals surface area contributed by atoms with Gasteiger partial charge in [-0.25, -0.2) is 4.39 Å². The van der Waals surface area contributed by atoms with Crippen molar-refractivity contribution >= 4 is 28.4 Å². The number of pyridine rings is 1. The molecule has 2 aromatic heterocycles. The monoisotopic (exact) mass is 275 g/mol. The van der Waals surface area contributed by atoms with E-state index in [2.05, 4.69) is 15.2 Å². The maximum absolute atomic E-state index is 14.1. The van der Waals surface area contributed by atoms with Crippen LogP contribution in [0.25, 0.3) is 10.9 Å². The Labute approximate surface area is 112 Å². The van der Waals surface area contributed by atoms with Crippen molar-refractivity contribution in [2.75, 3.05) is 5.73 Å². The van der Waals surface area contributed by atoms with Gasteiger partial charge in [0, 0.05) is 24.3 Å². The predicted octanol–water partition coefficient (Wildman–Crippen LogP) is 2.24. The SMILES string of the molecule is Cn1cnnc1Sc1c(F)cc(N)c2cccnc12. The van der Waals surface area contributed by atoms with Crippen LogP contribution >= 0.6 is 11.8 Å². The molecule has 0 aliphatic carbocycles.